The number of para-hydroxylation sites is 1. The Labute approximate surface area is 220 Å². The van der Waals surface area contributed by atoms with E-state index in [0.717, 1.165) is 30.5 Å². The molecule has 0 unspecified atom stereocenters. The van der Waals surface area contributed by atoms with Crippen LogP contribution in [-0.4, -0.2) is 25.2 Å². The van der Waals surface area contributed by atoms with Crippen LogP contribution in [0, 0.1) is 37.0 Å². The van der Waals surface area contributed by atoms with Crippen LogP contribution in [0.2, 0.25) is 0 Å². The van der Waals surface area contributed by atoms with E-state index < -0.39 is 0 Å². The Kier molecular flexibility index (Phi) is 9.65. The maximum atomic E-state index is 13.3. The van der Waals surface area contributed by atoms with Crippen LogP contribution in [0.15, 0.2) is 54.2 Å². The number of hydrogen-bond acceptors (Lipinski definition) is 5. The summed E-state index contributed by atoms with van der Waals surface area (Å²) in [5.74, 6) is 3.82. The summed E-state index contributed by atoms with van der Waals surface area (Å²) in [4.78, 5) is 18.1. The van der Waals surface area contributed by atoms with E-state index >= 15 is 0 Å². The first kappa shape index (κ1) is 27.7. The molecule has 0 amide bonds. The molecule has 194 valence electrons. The van der Waals surface area contributed by atoms with Crippen molar-refractivity contribution in [3.63, 3.8) is 0 Å². The number of azide groups is 1. The number of ether oxygens (including phenoxy) is 2. The second-order valence-electron chi connectivity index (χ2n) is 10.0. The van der Waals surface area contributed by atoms with Gasteiger partial charge in [-0.25, -0.2) is 0 Å². The molecule has 0 bridgehead atoms. The van der Waals surface area contributed by atoms with Gasteiger partial charge in [0.1, 0.15) is 25.0 Å². The molecule has 0 N–H and O–H groups in total. The molecular formula is C30H36N4O3. The standard InChI is InChI=1S/C30H36N4O3/c1-7-16-36-28-15-13-24(18-26(28)32-33-31)23(6)34(27-11-9-8-10-22(27)5)19-30(35)37-29-17-21(4)12-14-25(29)20(2)3/h1,8-11,13,15,18,20-21,25,29H,6,12,14,16-17,19H2,2-5H3/t21-,25+,29-/m1/s1. The van der Waals surface area contributed by atoms with Gasteiger partial charge in [-0.3, -0.25) is 4.79 Å². The largest absolute Gasteiger partial charge is 0.480 e. The second-order valence-corrected chi connectivity index (χ2v) is 10.0. The Hall–Kier alpha value is -3.88. The zero-order valence-corrected chi connectivity index (χ0v) is 22.2. The average molecular weight is 501 g/mol. The molecule has 37 heavy (non-hydrogen) atoms. The number of nitrogens with zero attached hydrogens (tertiary/aromatic N) is 4. The first-order valence-electron chi connectivity index (χ1n) is 12.7. The fraction of sp³-hybridized carbons (Fsp3) is 0.433. The Balaban J connectivity index is 1.91. The van der Waals surface area contributed by atoms with Gasteiger partial charge >= 0.3 is 5.97 Å². The van der Waals surface area contributed by atoms with Gasteiger partial charge < -0.3 is 14.4 Å². The molecule has 0 radical (unpaired) electrons. The first-order chi connectivity index (χ1) is 17.7. The molecular weight excluding hydrogens is 464 g/mol. The minimum atomic E-state index is -0.293. The van der Waals surface area contributed by atoms with Gasteiger partial charge in [-0.2, -0.15) is 0 Å². The molecule has 0 aromatic heterocycles. The highest BCUT2D eigenvalue weighted by Crippen LogP contribution is 2.37. The molecule has 2 aromatic rings. The topological polar surface area (TPSA) is 87.5 Å². The van der Waals surface area contributed by atoms with Crippen molar-refractivity contribution in [2.24, 2.45) is 22.9 Å². The summed E-state index contributed by atoms with van der Waals surface area (Å²) in [5, 5.41) is 3.76. The van der Waals surface area contributed by atoms with E-state index in [0.29, 0.717) is 40.5 Å². The van der Waals surface area contributed by atoms with Gasteiger partial charge in [0, 0.05) is 16.3 Å². The highest BCUT2D eigenvalue weighted by Gasteiger charge is 2.34. The summed E-state index contributed by atoms with van der Waals surface area (Å²) in [6.07, 6.45) is 8.33. The molecule has 1 aliphatic carbocycles. The highest BCUT2D eigenvalue weighted by molar-refractivity contribution is 5.87. The predicted molar refractivity (Wildman–Crippen MR) is 148 cm³/mol. The van der Waals surface area contributed by atoms with Crippen molar-refractivity contribution in [2.45, 2.75) is 53.1 Å². The Morgan fingerprint density at radius 1 is 1.30 bits per heavy atom. The molecule has 0 spiro atoms. The summed E-state index contributed by atoms with van der Waals surface area (Å²) < 4.78 is 11.6. The summed E-state index contributed by atoms with van der Waals surface area (Å²) >= 11 is 0. The van der Waals surface area contributed by atoms with E-state index in [-0.39, 0.29) is 25.2 Å². The van der Waals surface area contributed by atoms with Crippen LogP contribution in [0.25, 0.3) is 16.1 Å². The van der Waals surface area contributed by atoms with E-state index in [1.54, 1.807) is 18.2 Å². The van der Waals surface area contributed by atoms with Crippen molar-refractivity contribution in [1.29, 1.82) is 0 Å². The quantitative estimate of drug-likeness (QED) is 0.112. The van der Waals surface area contributed by atoms with E-state index in [1.165, 1.54) is 0 Å². The Morgan fingerprint density at radius 3 is 2.73 bits per heavy atom. The highest BCUT2D eigenvalue weighted by atomic mass is 16.5. The zero-order valence-electron chi connectivity index (χ0n) is 22.2. The van der Waals surface area contributed by atoms with Crippen molar-refractivity contribution in [2.75, 3.05) is 18.1 Å². The molecule has 0 heterocycles. The van der Waals surface area contributed by atoms with Gasteiger partial charge in [-0.1, -0.05) is 63.0 Å². The maximum absolute atomic E-state index is 13.3. The molecule has 0 aliphatic heterocycles. The van der Waals surface area contributed by atoms with Crippen LogP contribution in [0.5, 0.6) is 5.75 Å². The van der Waals surface area contributed by atoms with Crippen molar-refractivity contribution in [1.82, 2.24) is 0 Å². The maximum Gasteiger partial charge on any atom is 0.326 e. The number of hydrogen-bond donors (Lipinski definition) is 0. The summed E-state index contributed by atoms with van der Waals surface area (Å²) in [5.41, 5.74) is 12.4. The molecule has 7 heteroatoms. The smallest absolute Gasteiger partial charge is 0.326 e. The van der Waals surface area contributed by atoms with Crippen molar-refractivity contribution in [3.05, 3.63) is 70.6 Å². The van der Waals surface area contributed by atoms with Crippen LogP contribution in [0.3, 0.4) is 0 Å². The lowest BCUT2D eigenvalue weighted by atomic mass is 9.75. The van der Waals surface area contributed by atoms with Crippen molar-refractivity contribution >= 4 is 23.0 Å². The van der Waals surface area contributed by atoms with Crippen LogP contribution in [0.1, 0.15) is 51.2 Å². The molecule has 7 nitrogen and oxygen atoms in total. The lowest BCUT2D eigenvalue weighted by Crippen LogP contribution is -2.39. The number of esters is 1. The van der Waals surface area contributed by atoms with Crippen LogP contribution >= 0.6 is 0 Å². The minimum absolute atomic E-state index is 0.00553. The molecule has 1 fully saturated rings. The summed E-state index contributed by atoms with van der Waals surface area (Å²) in [6, 6.07) is 13.0. The van der Waals surface area contributed by atoms with Gasteiger partial charge in [0.05, 0.1) is 5.69 Å². The molecule has 0 saturated heterocycles. The number of aryl methyl sites for hydroxylation is 1. The SMILES string of the molecule is C#CCOc1ccc(C(=C)N(CC(=O)O[C@@H]2C[C@H](C)CC[C@H]2C(C)C)c2ccccc2C)cc1N=[N+]=[N-]. The molecule has 1 aliphatic rings. The third-order valence-corrected chi connectivity index (χ3v) is 7.02. The van der Waals surface area contributed by atoms with Gasteiger partial charge in [0.2, 0.25) is 0 Å². The predicted octanol–water partition coefficient (Wildman–Crippen LogP) is 7.43. The van der Waals surface area contributed by atoms with Gasteiger partial charge in [0.15, 0.2) is 0 Å². The summed E-state index contributed by atoms with van der Waals surface area (Å²) in [7, 11) is 0. The Morgan fingerprint density at radius 2 is 2.05 bits per heavy atom. The molecule has 2 aromatic carbocycles. The van der Waals surface area contributed by atoms with Crippen molar-refractivity contribution in [3.8, 4) is 18.1 Å². The van der Waals surface area contributed by atoms with Crippen LogP contribution in [0.4, 0.5) is 11.4 Å². The van der Waals surface area contributed by atoms with Gasteiger partial charge in [-0.05, 0) is 78.4 Å². The lowest BCUT2D eigenvalue weighted by Gasteiger charge is -2.37. The first-order valence-corrected chi connectivity index (χ1v) is 12.7. The van der Waals surface area contributed by atoms with E-state index in [2.05, 4.69) is 43.3 Å². The fourth-order valence-electron chi connectivity index (χ4n) is 5.00. The fourth-order valence-corrected chi connectivity index (χ4v) is 5.00. The zero-order chi connectivity index (χ0) is 26.9. The summed E-state index contributed by atoms with van der Waals surface area (Å²) in [6.45, 7) is 13.0. The number of benzene rings is 2. The van der Waals surface area contributed by atoms with E-state index in [1.807, 2.05) is 36.1 Å². The van der Waals surface area contributed by atoms with E-state index in [4.69, 9.17) is 21.4 Å². The lowest BCUT2D eigenvalue weighted by molar-refractivity contribution is -0.154. The third kappa shape index (κ3) is 7.09. The normalized spacial score (nSPS) is 18.9. The molecule has 3 atom stereocenters. The van der Waals surface area contributed by atoms with Gasteiger partial charge in [-0.15, -0.1) is 6.42 Å². The van der Waals surface area contributed by atoms with Crippen LogP contribution < -0.4 is 9.64 Å². The van der Waals surface area contributed by atoms with Crippen LogP contribution in [-0.2, 0) is 9.53 Å². The number of terminal acetylenes is 1. The monoisotopic (exact) mass is 500 g/mol. The number of carbonyl (C=O) groups is 1. The molecule has 3 rings (SSSR count). The average Bonchev–Trinajstić information content (AvgIpc) is 2.86. The number of rotatable bonds is 10. The number of anilines is 1. The second kappa shape index (κ2) is 12.9. The third-order valence-electron chi connectivity index (χ3n) is 7.02. The minimum Gasteiger partial charge on any atom is -0.480 e. The Bertz CT molecular complexity index is 1210. The van der Waals surface area contributed by atoms with Gasteiger partial charge in [0.25, 0.3) is 0 Å². The number of carbonyl (C=O) groups excluding carboxylic acids is 1. The van der Waals surface area contributed by atoms with E-state index in [9.17, 15) is 4.79 Å². The molecule has 1 saturated carbocycles. The van der Waals surface area contributed by atoms with Crippen molar-refractivity contribution < 1.29 is 14.3 Å².